The van der Waals surface area contributed by atoms with Crippen LogP contribution in [0.5, 0.6) is 5.75 Å². The van der Waals surface area contributed by atoms with Gasteiger partial charge in [-0.25, -0.2) is 8.78 Å². The molecule has 19 heavy (non-hydrogen) atoms. The van der Waals surface area contributed by atoms with E-state index in [4.69, 9.17) is 10.5 Å². The van der Waals surface area contributed by atoms with Gasteiger partial charge >= 0.3 is 0 Å². The molecule has 0 aliphatic heterocycles. The Morgan fingerprint density at radius 3 is 2.47 bits per heavy atom. The molecule has 0 heterocycles. The summed E-state index contributed by atoms with van der Waals surface area (Å²) in [4.78, 5) is 0. The lowest BCUT2D eigenvalue weighted by Crippen LogP contribution is -2.15. The molecule has 0 fully saturated rings. The van der Waals surface area contributed by atoms with Crippen LogP contribution in [-0.2, 0) is 0 Å². The van der Waals surface area contributed by atoms with Gasteiger partial charge in [-0.3, -0.25) is 0 Å². The highest BCUT2D eigenvalue weighted by Gasteiger charge is 2.18. The van der Waals surface area contributed by atoms with Crippen molar-refractivity contribution in [3.05, 3.63) is 63.6 Å². The van der Waals surface area contributed by atoms with Crippen LogP contribution >= 0.6 is 15.9 Å². The van der Waals surface area contributed by atoms with E-state index in [9.17, 15) is 8.78 Å². The van der Waals surface area contributed by atoms with Crippen LogP contribution in [0, 0.1) is 11.6 Å². The molecule has 2 rings (SSSR count). The normalized spacial score (nSPS) is 12.3. The van der Waals surface area contributed by atoms with Crippen LogP contribution in [-0.4, -0.2) is 7.11 Å². The minimum absolute atomic E-state index is 0.220. The minimum atomic E-state index is -0.729. The van der Waals surface area contributed by atoms with Crippen LogP contribution < -0.4 is 10.5 Å². The average Bonchev–Trinajstić information content (AvgIpc) is 2.38. The molecule has 0 bridgehead atoms. The fourth-order valence-corrected chi connectivity index (χ4v) is 2.25. The van der Waals surface area contributed by atoms with E-state index < -0.39 is 17.7 Å². The molecule has 0 radical (unpaired) electrons. The van der Waals surface area contributed by atoms with Crippen LogP contribution in [0.25, 0.3) is 0 Å². The number of benzene rings is 2. The molecule has 0 aromatic heterocycles. The molecular formula is C14H12BrF2NO. The first kappa shape index (κ1) is 14.0. The van der Waals surface area contributed by atoms with Crippen molar-refractivity contribution in [3.63, 3.8) is 0 Å². The van der Waals surface area contributed by atoms with E-state index in [0.717, 1.165) is 10.5 Å². The van der Waals surface area contributed by atoms with Gasteiger partial charge < -0.3 is 10.5 Å². The molecule has 100 valence electrons. The number of hydrogen-bond acceptors (Lipinski definition) is 2. The Morgan fingerprint density at radius 1 is 1.11 bits per heavy atom. The lowest BCUT2D eigenvalue weighted by atomic mass is 9.98. The molecule has 0 aliphatic rings. The SMILES string of the molecule is COc1ccc(Br)cc1C(N)c1ccc(F)cc1F. The van der Waals surface area contributed by atoms with Gasteiger partial charge in [-0.2, -0.15) is 0 Å². The second-order valence-electron chi connectivity index (χ2n) is 4.03. The Labute approximate surface area is 118 Å². The summed E-state index contributed by atoms with van der Waals surface area (Å²) >= 11 is 3.33. The molecule has 2 aromatic rings. The zero-order valence-corrected chi connectivity index (χ0v) is 11.7. The van der Waals surface area contributed by atoms with Crippen molar-refractivity contribution in [3.8, 4) is 5.75 Å². The zero-order chi connectivity index (χ0) is 14.0. The maximum absolute atomic E-state index is 13.8. The van der Waals surface area contributed by atoms with Gasteiger partial charge in [0.15, 0.2) is 0 Å². The summed E-state index contributed by atoms with van der Waals surface area (Å²) in [6.45, 7) is 0. The van der Waals surface area contributed by atoms with Gasteiger partial charge in [-0.15, -0.1) is 0 Å². The molecule has 0 saturated heterocycles. The standard InChI is InChI=1S/C14H12BrF2NO/c1-19-13-5-2-8(15)6-11(13)14(18)10-4-3-9(16)7-12(10)17/h2-7,14H,18H2,1H3. The number of hydrogen-bond donors (Lipinski definition) is 1. The predicted octanol–water partition coefficient (Wildman–Crippen LogP) is 3.78. The maximum Gasteiger partial charge on any atom is 0.131 e. The Kier molecular flexibility index (Phi) is 4.17. The summed E-state index contributed by atoms with van der Waals surface area (Å²) in [5.41, 5.74) is 6.90. The molecule has 0 saturated carbocycles. The first-order chi connectivity index (χ1) is 9.02. The largest absolute Gasteiger partial charge is 0.496 e. The molecule has 2 N–H and O–H groups in total. The zero-order valence-electron chi connectivity index (χ0n) is 10.2. The minimum Gasteiger partial charge on any atom is -0.496 e. The highest BCUT2D eigenvalue weighted by atomic mass is 79.9. The number of halogens is 3. The summed E-state index contributed by atoms with van der Waals surface area (Å²) in [6, 6.07) is 7.91. The second-order valence-corrected chi connectivity index (χ2v) is 4.95. The highest BCUT2D eigenvalue weighted by Crippen LogP contribution is 2.32. The number of methoxy groups -OCH3 is 1. The highest BCUT2D eigenvalue weighted by molar-refractivity contribution is 9.10. The van der Waals surface area contributed by atoms with E-state index in [1.54, 1.807) is 18.2 Å². The predicted molar refractivity (Wildman–Crippen MR) is 73.1 cm³/mol. The first-order valence-corrected chi connectivity index (χ1v) is 6.36. The number of nitrogens with two attached hydrogens (primary N) is 1. The number of ether oxygens (including phenoxy) is 1. The van der Waals surface area contributed by atoms with Crippen LogP contribution in [0.3, 0.4) is 0 Å². The average molecular weight is 328 g/mol. The van der Waals surface area contributed by atoms with Crippen molar-refractivity contribution in [1.82, 2.24) is 0 Å². The number of rotatable bonds is 3. The Balaban J connectivity index is 2.49. The van der Waals surface area contributed by atoms with Crippen molar-refractivity contribution in [2.75, 3.05) is 7.11 Å². The van der Waals surface area contributed by atoms with Gasteiger partial charge in [0.05, 0.1) is 13.2 Å². The molecule has 1 unspecified atom stereocenters. The lowest BCUT2D eigenvalue weighted by molar-refractivity contribution is 0.407. The quantitative estimate of drug-likeness (QED) is 0.931. The van der Waals surface area contributed by atoms with Crippen molar-refractivity contribution in [1.29, 1.82) is 0 Å². The van der Waals surface area contributed by atoms with Crippen LogP contribution in [0.4, 0.5) is 8.78 Å². The van der Waals surface area contributed by atoms with Crippen molar-refractivity contribution in [2.24, 2.45) is 5.73 Å². The molecular weight excluding hydrogens is 316 g/mol. The molecule has 0 amide bonds. The lowest BCUT2D eigenvalue weighted by Gasteiger charge is -2.17. The molecule has 0 aliphatic carbocycles. The third-order valence-electron chi connectivity index (χ3n) is 2.82. The summed E-state index contributed by atoms with van der Waals surface area (Å²) < 4.78 is 32.7. The van der Waals surface area contributed by atoms with Gasteiger partial charge in [0.25, 0.3) is 0 Å². The Hall–Kier alpha value is -1.46. The van der Waals surface area contributed by atoms with E-state index in [2.05, 4.69) is 15.9 Å². The van der Waals surface area contributed by atoms with Crippen LogP contribution in [0.2, 0.25) is 0 Å². The van der Waals surface area contributed by atoms with Gasteiger partial charge in [0.2, 0.25) is 0 Å². The Bertz CT molecular complexity index is 604. The third kappa shape index (κ3) is 2.93. The molecule has 5 heteroatoms. The van der Waals surface area contributed by atoms with E-state index in [0.29, 0.717) is 11.3 Å². The summed E-state index contributed by atoms with van der Waals surface area (Å²) in [5.74, 6) is -0.747. The van der Waals surface area contributed by atoms with Gasteiger partial charge in [0.1, 0.15) is 17.4 Å². The molecule has 2 nitrogen and oxygen atoms in total. The fraction of sp³-hybridized carbons (Fsp3) is 0.143. The van der Waals surface area contributed by atoms with E-state index >= 15 is 0 Å². The Morgan fingerprint density at radius 2 is 1.84 bits per heavy atom. The topological polar surface area (TPSA) is 35.2 Å². The monoisotopic (exact) mass is 327 g/mol. The van der Waals surface area contributed by atoms with Crippen molar-refractivity contribution >= 4 is 15.9 Å². The summed E-state index contributed by atoms with van der Waals surface area (Å²) in [5, 5.41) is 0. The molecule has 2 aromatic carbocycles. The van der Waals surface area contributed by atoms with Gasteiger partial charge in [-0.1, -0.05) is 22.0 Å². The van der Waals surface area contributed by atoms with E-state index in [1.807, 2.05) is 0 Å². The smallest absolute Gasteiger partial charge is 0.131 e. The van der Waals surface area contributed by atoms with Gasteiger partial charge in [0, 0.05) is 21.7 Å². The first-order valence-electron chi connectivity index (χ1n) is 5.57. The molecule has 1 atom stereocenters. The van der Waals surface area contributed by atoms with E-state index in [-0.39, 0.29) is 5.56 Å². The summed E-state index contributed by atoms with van der Waals surface area (Å²) in [6.07, 6.45) is 0. The van der Waals surface area contributed by atoms with Crippen LogP contribution in [0.1, 0.15) is 17.2 Å². The van der Waals surface area contributed by atoms with Crippen molar-refractivity contribution in [2.45, 2.75) is 6.04 Å². The second kappa shape index (κ2) is 5.67. The van der Waals surface area contributed by atoms with Crippen molar-refractivity contribution < 1.29 is 13.5 Å². The molecule has 0 spiro atoms. The van der Waals surface area contributed by atoms with Crippen LogP contribution in [0.15, 0.2) is 40.9 Å². The fourth-order valence-electron chi connectivity index (χ4n) is 1.87. The van der Waals surface area contributed by atoms with Gasteiger partial charge in [-0.05, 0) is 24.3 Å². The third-order valence-corrected chi connectivity index (χ3v) is 3.32. The summed E-state index contributed by atoms with van der Waals surface area (Å²) in [7, 11) is 1.51. The van der Waals surface area contributed by atoms with E-state index in [1.165, 1.54) is 19.2 Å². The maximum atomic E-state index is 13.8.